The predicted molar refractivity (Wildman–Crippen MR) is 116 cm³/mol. The lowest BCUT2D eigenvalue weighted by Crippen LogP contribution is -2.31. The first-order valence-electron chi connectivity index (χ1n) is 10.9. The molecule has 0 unspecified atom stereocenters. The Bertz CT molecular complexity index is 1030. The van der Waals surface area contributed by atoms with Crippen LogP contribution in [0.25, 0.3) is 0 Å². The Kier molecular flexibility index (Phi) is 5.07. The van der Waals surface area contributed by atoms with E-state index in [1.54, 1.807) is 0 Å². The molecule has 8 nitrogen and oxygen atoms in total. The molecule has 1 atom stereocenters. The van der Waals surface area contributed by atoms with Crippen molar-refractivity contribution in [2.24, 2.45) is 5.92 Å². The van der Waals surface area contributed by atoms with Crippen molar-refractivity contribution < 1.29 is 8.42 Å². The molecule has 30 heavy (non-hydrogen) atoms. The van der Waals surface area contributed by atoms with Crippen LogP contribution in [0.5, 0.6) is 0 Å². The number of aryl methyl sites for hydroxylation is 2. The van der Waals surface area contributed by atoms with Crippen LogP contribution in [-0.2, 0) is 35.7 Å². The van der Waals surface area contributed by atoms with Gasteiger partial charge in [0, 0.05) is 25.3 Å². The minimum atomic E-state index is -3.66. The molecule has 3 aliphatic rings. The van der Waals surface area contributed by atoms with Crippen LogP contribution in [0.3, 0.4) is 0 Å². The van der Waals surface area contributed by atoms with Crippen molar-refractivity contribution in [1.82, 2.24) is 24.4 Å². The molecule has 0 amide bonds. The van der Waals surface area contributed by atoms with Gasteiger partial charge in [-0.15, -0.1) is 10.2 Å². The van der Waals surface area contributed by atoms with Crippen molar-refractivity contribution in [1.29, 1.82) is 0 Å². The number of anilines is 2. The van der Waals surface area contributed by atoms with Gasteiger partial charge in [0.2, 0.25) is 5.95 Å². The third-order valence-electron chi connectivity index (χ3n) is 6.64. The second kappa shape index (κ2) is 7.62. The van der Waals surface area contributed by atoms with Gasteiger partial charge in [-0.1, -0.05) is 6.07 Å². The summed E-state index contributed by atoms with van der Waals surface area (Å²) < 4.78 is 27.6. The third kappa shape index (κ3) is 3.52. The van der Waals surface area contributed by atoms with Gasteiger partial charge >= 0.3 is 0 Å². The summed E-state index contributed by atoms with van der Waals surface area (Å²) in [7, 11) is 0.377. The number of rotatable bonds is 6. The molecule has 162 valence electrons. The molecule has 2 aromatic rings. The molecule has 1 saturated heterocycles. The number of fused-ring (bicyclic) bond motifs is 2. The maximum absolute atomic E-state index is 13.1. The number of hydrogen-bond acceptors (Lipinski definition) is 6. The van der Waals surface area contributed by atoms with E-state index in [1.807, 2.05) is 14.1 Å². The van der Waals surface area contributed by atoms with Crippen LogP contribution in [0.15, 0.2) is 11.2 Å². The Hall–Kier alpha value is -1.97. The van der Waals surface area contributed by atoms with E-state index in [1.165, 1.54) is 39.4 Å². The SMILES string of the molecule is CN(C)C[C@H]1CCN(S(=O)(=O)c2nnc(Nc3c4c(cc5c3CCC5)CCC4)[nH]2)C1. The topological polar surface area (TPSA) is 94.2 Å². The number of aromatic nitrogens is 3. The summed E-state index contributed by atoms with van der Waals surface area (Å²) in [4.78, 5) is 5.05. The Morgan fingerprint density at radius 1 is 1.13 bits per heavy atom. The van der Waals surface area contributed by atoms with Gasteiger partial charge in [0.1, 0.15) is 0 Å². The highest BCUT2D eigenvalue weighted by atomic mass is 32.2. The lowest BCUT2D eigenvalue weighted by molar-refractivity contribution is 0.329. The van der Waals surface area contributed by atoms with E-state index < -0.39 is 10.0 Å². The van der Waals surface area contributed by atoms with Crippen LogP contribution in [0.1, 0.15) is 41.5 Å². The molecule has 1 aromatic heterocycles. The van der Waals surface area contributed by atoms with Crippen LogP contribution in [0, 0.1) is 5.92 Å². The Morgan fingerprint density at radius 3 is 2.50 bits per heavy atom. The van der Waals surface area contributed by atoms with Crippen molar-refractivity contribution >= 4 is 21.7 Å². The lowest BCUT2D eigenvalue weighted by Gasteiger charge is -2.17. The lowest BCUT2D eigenvalue weighted by atomic mass is 9.99. The van der Waals surface area contributed by atoms with Crippen molar-refractivity contribution in [3.63, 3.8) is 0 Å². The standard InChI is InChI=1S/C21H30N6O2S/c1-26(2)12-14-9-10-27(13-14)30(28,29)21-23-20(24-25-21)22-19-17-7-3-5-15(17)11-16-6-4-8-18(16)19/h11,14H,3-10,12-13H2,1-2H3,(H2,22,23,24,25)/t14-/m1/s1. The summed E-state index contributed by atoms with van der Waals surface area (Å²) in [5.74, 6) is 0.761. The zero-order valence-corrected chi connectivity index (χ0v) is 18.6. The quantitative estimate of drug-likeness (QED) is 0.729. The van der Waals surface area contributed by atoms with Crippen LogP contribution in [0.4, 0.5) is 11.6 Å². The second-order valence-electron chi connectivity index (χ2n) is 9.12. The summed E-state index contributed by atoms with van der Waals surface area (Å²) in [6.45, 7) is 1.95. The van der Waals surface area contributed by atoms with Crippen LogP contribution in [0.2, 0.25) is 0 Å². The highest BCUT2D eigenvalue weighted by Crippen LogP contribution is 2.39. The van der Waals surface area contributed by atoms with E-state index in [9.17, 15) is 8.42 Å². The number of sulfonamides is 1. The van der Waals surface area contributed by atoms with Crippen molar-refractivity contribution in [3.05, 3.63) is 28.3 Å². The Labute approximate surface area is 178 Å². The predicted octanol–water partition coefficient (Wildman–Crippen LogP) is 2.10. The van der Waals surface area contributed by atoms with Gasteiger partial charge in [0.25, 0.3) is 15.2 Å². The number of hydrogen-bond donors (Lipinski definition) is 2. The first-order valence-corrected chi connectivity index (χ1v) is 12.4. The first kappa shape index (κ1) is 20.0. The van der Waals surface area contributed by atoms with Gasteiger partial charge in [-0.2, -0.15) is 4.31 Å². The Balaban J connectivity index is 1.37. The fourth-order valence-corrected chi connectivity index (χ4v) is 6.67. The maximum atomic E-state index is 13.1. The average Bonchev–Trinajstić information content (AvgIpc) is 3.47. The van der Waals surface area contributed by atoms with Crippen LogP contribution >= 0.6 is 0 Å². The number of benzene rings is 1. The Morgan fingerprint density at radius 2 is 1.83 bits per heavy atom. The minimum absolute atomic E-state index is 0.0697. The molecular weight excluding hydrogens is 400 g/mol. The number of aromatic amines is 1. The number of nitrogens with zero attached hydrogens (tertiary/aromatic N) is 4. The molecule has 9 heteroatoms. The molecule has 0 saturated carbocycles. The van der Waals surface area contributed by atoms with E-state index >= 15 is 0 Å². The normalized spacial score (nSPS) is 21.4. The summed E-state index contributed by atoms with van der Waals surface area (Å²) in [5, 5.41) is 11.5. The molecule has 0 radical (unpaired) electrons. The second-order valence-corrected chi connectivity index (χ2v) is 11.0. The molecule has 2 N–H and O–H groups in total. The maximum Gasteiger partial charge on any atom is 0.278 e. The van der Waals surface area contributed by atoms with Crippen molar-refractivity contribution in [2.45, 2.75) is 50.1 Å². The zero-order chi connectivity index (χ0) is 20.9. The van der Waals surface area contributed by atoms with E-state index in [0.717, 1.165) is 44.3 Å². The minimum Gasteiger partial charge on any atom is -0.324 e. The molecular formula is C21H30N6O2S. The summed E-state index contributed by atoms with van der Waals surface area (Å²) in [5.41, 5.74) is 6.71. The van der Waals surface area contributed by atoms with Crippen LogP contribution < -0.4 is 5.32 Å². The molecule has 2 heterocycles. The highest BCUT2D eigenvalue weighted by Gasteiger charge is 2.35. The van der Waals surface area contributed by atoms with Gasteiger partial charge in [-0.25, -0.2) is 8.42 Å². The van der Waals surface area contributed by atoms with Gasteiger partial charge < -0.3 is 10.2 Å². The molecule has 2 aliphatic carbocycles. The monoisotopic (exact) mass is 430 g/mol. The summed E-state index contributed by atoms with van der Waals surface area (Å²) in [6.07, 6.45) is 7.58. The largest absolute Gasteiger partial charge is 0.324 e. The number of H-pyrrole nitrogens is 1. The number of nitrogens with one attached hydrogen (secondary N) is 2. The van der Waals surface area contributed by atoms with Gasteiger partial charge in [-0.3, -0.25) is 4.98 Å². The third-order valence-corrected chi connectivity index (χ3v) is 8.32. The molecule has 1 aromatic carbocycles. The van der Waals surface area contributed by atoms with E-state index in [2.05, 4.69) is 31.5 Å². The zero-order valence-electron chi connectivity index (χ0n) is 17.7. The molecule has 1 fully saturated rings. The van der Waals surface area contributed by atoms with Gasteiger partial charge in [-0.05, 0) is 87.2 Å². The van der Waals surface area contributed by atoms with Crippen molar-refractivity contribution in [3.8, 4) is 0 Å². The average molecular weight is 431 g/mol. The molecule has 1 aliphatic heterocycles. The van der Waals surface area contributed by atoms with Crippen LogP contribution in [-0.4, -0.2) is 66.5 Å². The fourth-order valence-electron chi connectivity index (χ4n) is 5.31. The van der Waals surface area contributed by atoms with E-state index in [0.29, 0.717) is 25.0 Å². The molecule has 5 rings (SSSR count). The summed E-state index contributed by atoms with van der Waals surface area (Å²) >= 11 is 0. The van der Waals surface area contributed by atoms with Crippen molar-refractivity contribution in [2.75, 3.05) is 39.0 Å². The van der Waals surface area contributed by atoms with Gasteiger partial charge in [0.05, 0.1) is 0 Å². The first-order chi connectivity index (χ1) is 14.4. The van der Waals surface area contributed by atoms with E-state index in [4.69, 9.17) is 0 Å². The highest BCUT2D eigenvalue weighted by molar-refractivity contribution is 7.89. The molecule has 0 spiro atoms. The smallest absolute Gasteiger partial charge is 0.278 e. The molecule has 0 bridgehead atoms. The summed E-state index contributed by atoms with van der Waals surface area (Å²) in [6, 6.07) is 2.38. The van der Waals surface area contributed by atoms with Gasteiger partial charge in [0.15, 0.2) is 0 Å². The fraction of sp³-hybridized carbons (Fsp3) is 0.619. The van der Waals surface area contributed by atoms with E-state index in [-0.39, 0.29) is 5.16 Å².